The summed E-state index contributed by atoms with van der Waals surface area (Å²) in [5.74, 6) is -1.42. The van der Waals surface area contributed by atoms with E-state index in [2.05, 4.69) is 19.9 Å². The predicted molar refractivity (Wildman–Crippen MR) is 142 cm³/mol. The zero-order chi connectivity index (χ0) is 27.1. The molecule has 0 unspecified atom stereocenters. The molecule has 6 rings (SSSR count). The van der Waals surface area contributed by atoms with Gasteiger partial charge in [0.15, 0.2) is 17.1 Å². The highest BCUT2D eigenvalue weighted by Gasteiger charge is 2.33. The fourth-order valence-electron chi connectivity index (χ4n) is 5.56. The number of rotatable bonds is 7. The Morgan fingerprint density at radius 1 is 1.03 bits per heavy atom. The fraction of sp³-hybridized carbons (Fsp3) is 0.379. The van der Waals surface area contributed by atoms with Crippen molar-refractivity contribution in [2.75, 3.05) is 18.0 Å². The van der Waals surface area contributed by atoms with Crippen LogP contribution in [0.4, 0.5) is 19.0 Å². The Morgan fingerprint density at radius 3 is 2.59 bits per heavy atom. The summed E-state index contributed by atoms with van der Waals surface area (Å²) in [6.07, 6.45) is 9.33. The van der Waals surface area contributed by atoms with Crippen LogP contribution < -0.4 is 10.3 Å². The maximum Gasteiger partial charge on any atom is 0.193 e. The molecule has 0 amide bonds. The molecule has 202 valence electrons. The smallest absolute Gasteiger partial charge is 0.193 e. The number of fused-ring (bicyclic) bond motifs is 1. The number of piperidine rings is 1. The number of hydrogen-bond donors (Lipinski definition) is 0. The van der Waals surface area contributed by atoms with E-state index in [-0.39, 0.29) is 36.0 Å². The monoisotopic (exact) mass is 534 g/mol. The van der Waals surface area contributed by atoms with Crippen molar-refractivity contribution >= 4 is 16.7 Å². The van der Waals surface area contributed by atoms with Gasteiger partial charge < -0.3 is 9.47 Å². The lowest BCUT2D eigenvalue weighted by Gasteiger charge is -2.41. The van der Waals surface area contributed by atoms with Crippen LogP contribution in [0.1, 0.15) is 42.1 Å². The van der Waals surface area contributed by atoms with Gasteiger partial charge in [-0.05, 0) is 49.9 Å². The summed E-state index contributed by atoms with van der Waals surface area (Å²) in [6, 6.07) is 5.91. The third-order valence-corrected chi connectivity index (χ3v) is 7.58. The van der Waals surface area contributed by atoms with Crippen LogP contribution in [0.5, 0.6) is 0 Å². The van der Waals surface area contributed by atoms with E-state index in [0.717, 1.165) is 36.2 Å². The molecule has 1 aliphatic heterocycles. The molecule has 7 nitrogen and oxygen atoms in total. The highest BCUT2D eigenvalue weighted by atomic mass is 19.2. The van der Waals surface area contributed by atoms with Crippen molar-refractivity contribution in [3.05, 3.63) is 93.9 Å². The van der Waals surface area contributed by atoms with Crippen molar-refractivity contribution in [3.8, 4) is 0 Å². The molecule has 1 saturated heterocycles. The number of alkyl halides is 1. The van der Waals surface area contributed by atoms with Crippen LogP contribution in [-0.2, 0) is 13.1 Å². The van der Waals surface area contributed by atoms with Gasteiger partial charge in [-0.3, -0.25) is 19.7 Å². The minimum atomic E-state index is -1.09. The van der Waals surface area contributed by atoms with Crippen LogP contribution in [-0.4, -0.2) is 49.7 Å². The Balaban J connectivity index is 1.40. The topological polar surface area (TPSA) is 67.2 Å². The second kappa shape index (κ2) is 10.4. The minimum absolute atomic E-state index is 0.144. The first-order valence-electron chi connectivity index (χ1n) is 13.2. The lowest BCUT2D eigenvalue weighted by atomic mass is 10.0. The second-order valence-corrected chi connectivity index (χ2v) is 10.6. The van der Waals surface area contributed by atoms with Crippen LogP contribution in [0.2, 0.25) is 0 Å². The van der Waals surface area contributed by atoms with E-state index >= 15 is 4.39 Å². The quantitative estimate of drug-likeness (QED) is 0.342. The van der Waals surface area contributed by atoms with E-state index in [4.69, 9.17) is 0 Å². The molecular formula is C29H29F3N6O. The third kappa shape index (κ3) is 5.38. The summed E-state index contributed by atoms with van der Waals surface area (Å²) in [5, 5.41) is 0.159. The molecule has 4 aromatic rings. The lowest BCUT2D eigenvalue weighted by molar-refractivity contribution is 0.120. The van der Waals surface area contributed by atoms with Crippen LogP contribution >= 0.6 is 0 Å². The second-order valence-electron chi connectivity index (χ2n) is 10.6. The van der Waals surface area contributed by atoms with E-state index < -0.39 is 17.8 Å². The molecule has 2 atom stereocenters. The summed E-state index contributed by atoms with van der Waals surface area (Å²) in [6.45, 7) is 3.33. The molecule has 1 aromatic carbocycles. The molecule has 39 heavy (non-hydrogen) atoms. The van der Waals surface area contributed by atoms with Gasteiger partial charge in [0, 0.05) is 79.2 Å². The molecule has 0 spiro atoms. The fourth-order valence-corrected chi connectivity index (χ4v) is 5.56. The summed E-state index contributed by atoms with van der Waals surface area (Å²) < 4.78 is 45.4. The highest BCUT2D eigenvalue weighted by Crippen LogP contribution is 2.37. The zero-order valence-corrected chi connectivity index (χ0v) is 21.6. The molecule has 0 radical (unpaired) electrons. The molecule has 0 N–H and O–H groups in total. The molecule has 0 bridgehead atoms. The van der Waals surface area contributed by atoms with Crippen molar-refractivity contribution in [1.82, 2.24) is 24.4 Å². The number of benzene rings is 1. The molecule has 2 fully saturated rings. The first-order chi connectivity index (χ1) is 18.9. The van der Waals surface area contributed by atoms with Gasteiger partial charge in [0.05, 0.1) is 18.3 Å². The number of anilines is 1. The summed E-state index contributed by atoms with van der Waals surface area (Å²) in [7, 11) is 0. The minimum Gasteiger partial charge on any atom is -0.351 e. The van der Waals surface area contributed by atoms with Crippen LogP contribution in [0.25, 0.3) is 10.9 Å². The number of hydrogen-bond acceptors (Lipinski definition) is 6. The number of nitrogens with zero attached hydrogens (tertiary/aromatic N) is 6. The summed E-state index contributed by atoms with van der Waals surface area (Å²) in [5.41, 5.74) is 2.39. The molecule has 4 heterocycles. The van der Waals surface area contributed by atoms with Crippen molar-refractivity contribution in [2.45, 2.75) is 57.5 Å². The Morgan fingerprint density at radius 2 is 1.85 bits per heavy atom. The first kappa shape index (κ1) is 25.5. The number of aromatic nitrogens is 4. The summed E-state index contributed by atoms with van der Waals surface area (Å²) >= 11 is 0. The van der Waals surface area contributed by atoms with Gasteiger partial charge in [-0.15, -0.1) is 0 Å². The van der Waals surface area contributed by atoms with E-state index in [0.29, 0.717) is 36.4 Å². The Kier molecular flexibility index (Phi) is 6.80. The molecule has 1 aliphatic carbocycles. The van der Waals surface area contributed by atoms with Crippen molar-refractivity contribution < 1.29 is 13.2 Å². The maximum atomic E-state index is 15.1. The summed E-state index contributed by atoms with van der Waals surface area (Å²) in [4.78, 5) is 30.4. The molecule has 10 heteroatoms. The third-order valence-electron chi connectivity index (χ3n) is 7.58. The van der Waals surface area contributed by atoms with E-state index in [1.165, 1.54) is 0 Å². The number of pyridine rings is 2. The maximum absolute atomic E-state index is 15.1. The molecule has 1 saturated carbocycles. The predicted octanol–water partition coefficient (Wildman–Crippen LogP) is 4.73. The van der Waals surface area contributed by atoms with E-state index in [9.17, 15) is 13.6 Å². The van der Waals surface area contributed by atoms with Crippen molar-refractivity contribution in [2.24, 2.45) is 0 Å². The lowest BCUT2D eigenvalue weighted by Crippen LogP contribution is -2.52. The van der Waals surface area contributed by atoms with Crippen LogP contribution in [0.15, 0.2) is 60.0 Å². The highest BCUT2D eigenvalue weighted by molar-refractivity contribution is 5.80. The van der Waals surface area contributed by atoms with Gasteiger partial charge in [-0.25, -0.2) is 18.2 Å². The van der Waals surface area contributed by atoms with E-state index in [1.54, 1.807) is 31.0 Å². The van der Waals surface area contributed by atoms with Gasteiger partial charge in [0.25, 0.3) is 0 Å². The zero-order valence-electron chi connectivity index (χ0n) is 21.6. The molecule has 2 aliphatic rings. The Labute approximate surface area is 223 Å². The Hall–Kier alpha value is -3.79. The van der Waals surface area contributed by atoms with Gasteiger partial charge in [0.2, 0.25) is 0 Å². The molecular weight excluding hydrogens is 505 g/mol. The van der Waals surface area contributed by atoms with Crippen molar-refractivity contribution in [3.63, 3.8) is 0 Å². The van der Waals surface area contributed by atoms with Gasteiger partial charge in [-0.1, -0.05) is 0 Å². The normalized spacial score (nSPS) is 19.7. The average molecular weight is 535 g/mol. The first-order valence-corrected chi connectivity index (χ1v) is 13.2. The number of halogens is 3. The van der Waals surface area contributed by atoms with Crippen LogP contribution in [0, 0.1) is 18.6 Å². The Bertz CT molecular complexity index is 1560. The largest absolute Gasteiger partial charge is 0.351 e. The number of aryl methyl sites for hydroxylation is 1. The standard InChI is InChI=1S/C29H29F3N6O/c1-18-8-19(4-5-34-18)13-36(23-9-21(30)16-37(17-23)28-12-33-6-7-35-28)14-20-15-38(22-2-3-22)27-11-26(32)25(31)10-24(27)29(20)39/h4-8,10-12,15,21-23H,2-3,9,13-14,16-17H2,1H3/t21-,23-/m0/s1. The SMILES string of the molecule is Cc1cc(CN(Cc2cn(C3CC3)c3cc(F)c(F)cc3c2=O)[C@H]2C[C@H](F)CN(c3cnccn3)C2)ccn1. The van der Waals surface area contributed by atoms with Crippen LogP contribution in [0.3, 0.4) is 0 Å². The molecule has 3 aromatic heterocycles. The van der Waals surface area contributed by atoms with Crippen molar-refractivity contribution in [1.29, 1.82) is 0 Å². The van der Waals surface area contributed by atoms with Gasteiger partial charge in [0.1, 0.15) is 12.0 Å². The van der Waals surface area contributed by atoms with Gasteiger partial charge in [-0.2, -0.15) is 0 Å². The van der Waals surface area contributed by atoms with Gasteiger partial charge >= 0.3 is 0 Å². The average Bonchev–Trinajstić information content (AvgIpc) is 3.77. The van der Waals surface area contributed by atoms with E-state index in [1.807, 2.05) is 28.5 Å².